The van der Waals surface area contributed by atoms with Gasteiger partial charge in [0.05, 0.1) is 0 Å². The molecule has 1 fully saturated rings. The molecule has 0 spiro atoms. The predicted molar refractivity (Wildman–Crippen MR) is 33.3 cm³/mol. The van der Waals surface area contributed by atoms with E-state index >= 15 is 0 Å². The highest BCUT2D eigenvalue weighted by atomic mass is 16.4. The average molecular weight is 129 g/mol. The summed E-state index contributed by atoms with van der Waals surface area (Å²) in [4.78, 5) is 12.2. The number of carboxylic acids is 1. The molecule has 1 rings (SSSR count). The zero-order valence-electron chi connectivity index (χ0n) is 5.66. The van der Waals surface area contributed by atoms with E-state index in [2.05, 4.69) is 0 Å². The summed E-state index contributed by atoms with van der Waals surface area (Å²) in [6, 6.07) is 0.191. The molecule has 9 heavy (non-hydrogen) atoms. The molecule has 0 aromatic heterocycles. The lowest BCUT2D eigenvalue weighted by molar-refractivity contribution is -0.137. The summed E-state index contributed by atoms with van der Waals surface area (Å²) in [6.07, 6.45) is 0. The first-order valence-electron chi connectivity index (χ1n) is 3.11. The third kappa shape index (κ3) is 1.21. The summed E-state index contributed by atoms with van der Waals surface area (Å²) in [5.41, 5.74) is 0. The summed E-state index contributed by atoms with van der Waals surface area (Å²) in [5, 5.41) is 8.43. The van der Waals surface area contributed by atoms with Gasteiger partial charge >= 0.3 is 5.97 Å². The Kier molecular flexibility index (Phi) is 1.45. The summed E-state index contributed by atoms with van der Waals surface area (Å²) in [6.45, 7) is 4.74. The van der Waals surface area contributed by atoms with Gasteiger partial charge in [-0.05, 0) is 13.8 Å². The van der Waals surface area contributed by atoms with Gasteiger partial charge in [-0.1, -0.05) is 0 Å². The van der Waals surface area contributed by atoms with Gasteiger partial charge < -0.3 is 5.11 Å². The molecule has 3 heteroatoms. The second-order valence-corrected chi connectivity index (χ2v) is 2.64. The molecule has 0 aliphatic carbocycles. The van der Waals surface area contributed by atoms with Gasteiger partial charge in [0.1, 0.15) is 6.04 Å². The summed E-state index contributed by atoms with van der Waals surface area (Å²) < 4.78 is 0. The van der Waals surface area contributed by atoms with Crippen molar-refractivity contribution in [3.05, 3.63) is 0 Å². The Labute approximate surface area is 54.3 Å². The van der Waals surface area contributed by atoms with Crippen molar-refractivity contribution in [3.63, 3.8) is 0 Å². The van der Waals surface area contributed by atoms with Gasteiger partial charge in [0.25, 0.3) is 0 Å². The monoisotopic (exact) mass is 129 g/mol. The zero-order chi connectivity index (χ0) is 7.02. The van der Waals surface area contributed by atoms with E-state index in [-0.39, 0.29) is 6.04 Å². The van der Waals surface area contributed by atoms with E-state index in [9.17, 15) is 4.79 Å². The number of hydrogen-bond acceptors (Lipinski definition) is 2. The lowest BCUT2D eigenvalue weighted by Crippen LogP contribution is -2.17. The first-order valence-corrected chi connectivity index (χ1v) is 3.11. The van der Waals surface area contributed by atoms with Crippen molar-refractivity contribution in [1.82, 2.24) is 4.90 Å². The highest BCUT2D eigenvalue weighted by Gasteiger charge is 2.41. The fraction of sp³-hybridized carbons (Fsp3) is 0.833. The number of rotatable bonds is 2. The number of carbonyl (C=O) groups is 1. The van der Waals surface area contributed by atoms with Crippen LogP contribution < -0.4 is 0 Å². The van der Waals surface area contributed by atoms with Crippen molar-refractivity contribution in [1.29, 1.82) is 0 Å². The lowest BCUT2D eigenvalue weighted by atomic mass is 10.4. The molecular weight excluding hydrogens is 118 g/mol. The van der Waals surface area contributed by atoms with Crippen molar-refractivity contribution in [2.24, 2.45) is 0 Å². The molecule has 0 aromatic carbocycles. The Bertz CT molecular complexity index is 133. The number of nitrogens with zero attached hydrogens (tertiary/aromatic N) is 1. The van der Waals surface area contributed by atoms with E-state index in [1.165, 1.54) is 0 Å². The molecule has 1 aliphatic rings. The van der Waals surface area contributed by atoms with E-state index < -0.39 is 5.97 Å². The molecule has 3 nitrogen and oxygen atoms in total. The van der Waals surface area contributed by atoms with Crippen LogP contribution in [0.25, 0.3) is 0 Å². The molecule has 1 N–H and O–H groups in total. The Morgan fingerprint density at radius 3 is 2.44 bits per heavy atom. The Balaban J connectivity index is 2.33. The Morgan fingerprint density at radius 2 is 2.33 bits per heavy atom. The van der Waals surface area contributed by atoms with E-state index in [1.807, 2.05) is 18.7 Å². The van der Waals surface area contributed by atoms with Gasteiger partial charge in [-0.15, -0.1) is 0 Å². The van der Waals surface area contributed by atoms with Gasteiger partial charge in [-0.2, -0.15) is 0 Å². The summed E-state index contributed by atoms with van der Waals surface area (Å²) in [7, 11) is 0. The fourth-order valence-corrected chi connectivity index (χ4v) is 0.943. The van der Waals surface area contributed by atoms with Crippen LogP contribution in [0.3, 0.4) is 0 Å². The minimum atomic E-state index is -0.691. The minimum Gasteiger partial charge on any atom is -0.480 e. The topological polar surface area (TPSA) is 40.3 Å². The summed E-state index contributed by atoms with van der Waals surface area (Å²) in [5.74, 6) is -0.691. The van der Waals surface area contributed by atoms with Crippen molar-refractivity contribution in [3.8, 4) is 0 Å². The quantitative estimate of drug-likeness (QED) is 0.540. The maximum atomic E-state index is 10.2. The van der Waals surface area contributed by atoms with Crippen LogP contribution in [0.5, 0.6) is 0 Å². The third-order valence-corrected chi connectivity index (χ3v) is 1.60. The van der Waals surface area contributed by atoms with Crippen LogP contribution in [0.2, 0.25) is 0 Å². The van der Waals surface area contributed by atoms with Crippen LogP contribution in [0.1, 0.15) is 13.8 Å². The molecule has 1 aliphatic heterocycles. The average Bonchev–Trinajstić information content (AvgIpc) is 2.39. The molecule has 0 bridgehead atoms. The molecule has 1 saturated heterocycles. The second kappa shape index (κ2) is 1.99. The van der Waals surface area contributed by atoms with Crippen LogP contribution >= 0.6 is 0 Å². The highest BCUT2D eigenvalue weighted by molar-refractivity contribution is 5.76. The van der Waals surface area contributed by atoms with Crippen LogP contribution in [0.4, 0.5) is 0 Å². The maximum Gasteiger partial charge on any atom is 0.322 e. The molecule has 1 heterocycles. The van der Waals surface area contributed by atoms with Crippen LogP contribution in [0, 0.1) is 0 Å². The second-order valence-electron chi connectivity index (χ2n) is 2.64. The lowest BCUT2D eigenvalue weighted by Gasteiger charge is -2.03. The van der Waals surface area contributed by atoms with E-state index in [4.69, 9.17) is 5.11 Å². The van der Waals surface area contributed by atoms with Crippen LogP contribution in [-0.2, 0) is 4.79 Å². The van der Waals surface area contributed by atoms with Crippen molar-refractivity contribution < 1.29 is 9.90 Å². The van der Waals surface area contributed by atoms with E-state index in [0.29, 0.717) is 6.04 Å². The van der Waals surface area contributed by atoms with Gasteiger partial charge in [0, 0.05) is 12.6 Å². The molecule has 0 amide bonds. The van der Waals surface area contributed by atoms with Crippen molar-refractivity contribution in [2.45, 2.75) is 25.9 Å². The fourth-order valence-electron chi connectivity index (χ4n) is 0.943. The molecular formula is C6H11NO2. The Morgan fingerprint density at radius 1 is 1.78 bits per heavy atom. The molecule has 0 aromatic rings. The number of aliphatic carboxylic acids is 1. The van der Waals surface area contributed by atoms with Crippen LogP contribution in [-0.4, -0.2) is 34.6 Å². The SMILES string of the molecule is CC(C)N1C[C@@H]1C(=O)O. The standard InChI is InChI=1S/C6H11NO2/c1-4(2)7-3-5(7)6(8)9/h4-5H,3H2,1-2H3,(H,8,9)/t5-,7?/m1/s1. The predicted octanol–water partition coefficient (Wildman–Crippen LogP) is 0.164. The smallest absolute Gasteiger partial charge is 0.322 e. The van der Waals surface area contributed by atoms with Gasteiger partial charge in [-0.3, -0.25) is 9.69 Å². The minimum absolute atomic E-state index is 0.190. The molecule has 0 radical (unpaired) electrons. The first-order chi connectivity index (χ1) is 4.13. The molecule has 2 atom stereocenters. The Hall–Kier alpha value is -0.570. The highest BCUT2D eigenvalue weighted by Crippen LogP contribution is 2.20. The number of carboxylic acid groups (broad SMARTS) is 1. The van der Waals surface area contributed by atoms with Gasteiger partial charge in [-0.25, -0.2) is 0 Å². The summed E-state index contributed by atoms with van der Waals surface area (Å²) >= 11 is 0. The molecule has 52 valence electrons. The first kappa shape index (κ1) is 6.55. The maximum absolute atomic E-state index is 10.2. The number of hydrogen-bond donors (Lipinski definition) is 1. The third-order valence-electron chi connectivity index (χ3n) is 1.60. The van der Waals surface area contributed by atoms with Gasteiger partial charge in [0.15, 0.2) is 0 Å². The van der Waals surface area contributed by atoms with E-state index in [1.54, 1.807) is 0 Å². The molecule has 0 saturated carbocycles. The van der Waals surface area contributed by atoms with Crippen LogP contribution in [0.15, 0.2) is 0 Å². The largest absolute Gasteiger partial charge is 0.480 e. The van der Waals surface area contributed by atoms with Crippen molar-refractivity contribution >= 4 is 5.97 Å². The molecule has 1 unspecified atom stereocenters. The van der Waals surface area contributed by atoms with Crippen molar-refractivity contribution in [2.75, 3.05) is 6.54 Å². The zero-order valence-corrected chi connectivity index (χ0v) is 5.66. The van der Waals surface area contributed by atoms with Gasteiger partial charge in [0.2, 0.25) is 0 Å². The normalized spacial score (nSPS) is 32.8. The van der Waals surface area contributed by atoms with E-state index in [0.717, 1.165) is 6.54 Å².